The first kappa shape index (κ1) is 14.2. The first-order valence-corrected chi connectivity index (χ1v) is 7.67. The number of nitrogens with zero attached hydrogens (tertiary/aromatic N) is 4. The van der Waals surface area contributed by atoms with Gasteiger partial charge in [0.15, 0.2) is 0 Å². The molecule has 4 heteroatoms. The lowest BCUT2D eigenvalue weighted by Crippen LogP contribution is -1.96. The lowest BCUT2D eigenvalue weighted by molar-refractivity contribution is 0.975. The normalized spacial score (nSPS) is 10.5. The first-order valence-electron chi connectivity index (χ1n) is 7.67. The van der Waals surface area contributed by atoms with E-state index in [1.807, 2.05) is 66.9 Å². The van der Waals surface area contributed by atoms with Gasteiger partial charge in [-0.2, -0.15) is 5.10 Å². The zero-order valence-corrected chi connectivity index (χ0v) is 12.9. The highest BCUT2D eigenvalue weighted by atomic mass is 15.1. The van der Waals surface area contributed by atoms with E-state index in [2.05, 4.69) is 32.3 Å². The van der Waals surface area contributed by atoms with Gasteiger partial charge in [-0.05, 0) is 11.6 Å². The van der Waals surface area contributed by atoms with Crippen molar-refractivity contribution < 1.29 is 0 Å². The van der Waals surface area contributed by atoms with E-state index < -0.39 is 0 Å². The maximum absolute atomic E-state index is 4.58. The van der Waals surface area contributed by atoms with Crippen molar-refractivity contribution in [2.24, 2.45) is 0 Å². The molecule has 0 aliphatic carbocycles. The number of aromatic nitrogens is 4. The molecule has 2 aromatic heterocycles. The minimum absolute atomic E-state index is 0.524. The van der Waals surface area contributed by atoms with Gasteiger partial charge in [0.25, 0.3) is 0 Å². The number of hydrogen-bond donors (Lipinski definition) is 0. The van der Waals surface area contributed by atoms with E-state index in [-0.39, 0.29) is 0 Å². The highest BCUT2D eigenvalue weighted by Gasteiger charge is 2.07. The quantitative estimate of drug-likeness (QED) is 0.567. The zero-order valence-electron chi connectivity index (χ0n) is 12.9. The van der Waals surface area contributed by atoms with E-state index in [9.17, 15) is 0 Å². The van der Waals surface area contributed by atoms with Crippen molar-refractivity contribution in [3.8, 4) is 33.9 Å². The molecule has 0 saturated carbocycles. The van der Waals surface area contributed by atoms with Gasteiger partial charge in [-0.15, -0.1) is 5.10 Å². The van der Waals surface area contributed by atoms with Gasteiger partial charge in [-0.3, -0.25) is 4.98 Å². The van der Waals surface area contributed by atoms with Gasteiger partial charge in [0.1, 0.15) is 5.69 Å². The summed E-state index contributed by atoms with van der Waals surface area (Å²) in [6, 6.07) is 24.0. The molecule has 4 nitrogen and oxygen atoms in total. The van der Waals surface area contributed by atoms with Gasteiger partial charge in [0, 0.05) is 17.3 Å². The lowest BCUT2D eigenvalue weighted by atomic mass is 10.1. The third-order valence-corrected chi connectivity index (χ3v) is 3.73. The summed E-state index contributed by atoms with van der Waals surface area (Å²) in [5.74, 6) is 0.524. The third kappa shape index (κ3) is 2.90. The summed E-state index contributed by atoms with van der Waals surface area (Å²) < 4.78 is 0. The minimum atomic E-state index is 0.524. The van der Waals surface area contributed by atoms with Gasteiger partial charge < -0.3 is 0 Å². The molecule has 24 heavy (non-hydrogen) atoms. The molecular formula is C20H14N4. The number of benzene rings is 2. The molecule has 0 spiro atoms. The summed E-state index contributed by atoms with van der Waals surface area (Å²) in [4.78, 5) is 9.07. The molecule has 2 aromatic carbocycles. The Labute approximate surface area is 139 Å². The molecule has 4 aromatic rings. The summed E-state index contributed by atoms with van der Waals surface area (Å²) >= 11 is 0. The highest BCUT2D eigenvalue weighted by Crippen LogP contribution is 2.22. The standard InChI is InChI=1S/C20H14N4/c1-3-7-15(8-4-1)17-11-12-18(21-13-17)20-23-19(14-22-24-20)16-9-5-2-6-10-16/h1-14H. The van der Waals surface area contributed by atoms with Crippen LogP contribution in [0.5, 0.6) is 0 Å². The molecule has 2 heterocycles. The Bertz CT molecular complexity index is 936. The number of pyridine rings is 1. The predicted molar refractivity (Wildman–Crippen MR) is 93.9 cm³/mol. The van der Waals surface area contributed by atoms with Gasteiger partial charge in [0.2, 0.25) is 5.82 Å². The SMILES string of the molecule is c1ccc(-c2ccc(-c3nncc(-c4ccccc4)n3)nc2)cc1. The fraction of sp³-hybridized carbons (Fsp3) is 0. The van der Waals surface area contributed by atoms with Crippen molar-refractivity contribution in [3.05, 3.63) is 85.2 Å². The molecular weight excluding hydrogens is 296 g/mol. The first-order chi connectivity index (χ1) is 11.9. The van der Waals surface area contributed by atoms with Crippen molar-refractivity contribution in [3.63, 3.8) is 0 Å². The highest BCUT2D eigenvalue weighted by molar-refractivity contribution is 5.65. The molecule has 0 amide bonds. The summed E-state index contributed by atoms with van der Waals surface area (Å²) in [6.07, 6.45) is 3.50. The number of hydrogen-bond acceptors (Lipinski definition) is 4. The summed E-state index contributed by atoms with van der Waals surface area (Å²) in [7, 11) is 0. The maximum atomic E-state index is 4.58. The van der Waals surface area contributed by atoms with Crippen LogP contribution in [0.3, 0.4) is 0 Å². The Morgan fingerprint density at radius 2 is 1.25 bits per heavy atom. The second-order valence-electron chi connectivity index (χ2n) is 5.33. The third-order valence-electron chi connectivity index (χ3n) is 3.73. The van der Waals surface area contributed by atoms with Gasteiger partial charge in [-0.25, -0.2) is 4.98 Å². The Kier molecular flexibility index (Phi) is 3.78. The summed E-state index contributed by atoms with van der Waals surface area (Å²) in [5, 5.41) is 8.18. The van der Waals surface area contributed by atoms with Crippen LogP contribution in [-0.4, -0.2) is 20.2 Å². The minimum Gasteiger partial charge on any atom is -0.252 e. The van der Waals surface area contributed by atoms with Crippen LogP contribution in [0.25, 0.3) is 33.9 Å². The fourth-order valence-electron chi connectivity index (χ4n) is 2.49. The smallest absolute Gasteiger partial charge is 0.200 e. The van der Waals surface area contributed by atoms with Gasteiger partial charge in [0.05, 0.1) is 11.9 Å². The predicted octanol–water partition coefficient (Wildman–Crippen LogP) is 4.27. The van der Waals surface area contributed by atoms with E-state index >= 15 is 0 Å². The average molecular weight is 310 g/mol. The van der Waals surface area contributed by atoms with E-state index in [0.29, 0.717) is 11.5 Å². The van der Waals surface area contributed by atoms with Crippen LogP contribution in [0.2, 0.25) is 0 Å². The van der Waals surface area contributed by atoms with Crippen molar-refractivity contribution in [1.29, 1.82) is 0 Å². The molecule has 0 atom stereocenters. The average Bonchev–Trinajstić information content (AvgIpc) is 2.70. The molecule has 114 valence electrons. The molecule has 0 fully saturated rings. The topological polar surface area (TPSA) is 51.6 Å². The van der Waals surface area contributed by atoms with Crippen molar-refractivity contribution in [2.75, 3.05) is 0 Å². The molecule has 0 saturated heterocycles. The van der Waals surface area contributed by atoms with Crippen molar-refractivity contribution in [2.45, 2.75) is 0 Å². The van der Waals surface area contributed by atoms with E-state index in [4.69, 9.17) is 0 Å². The Hall–Kier alpha value is -3.40. The molecule has 0 bridgehead atoms. The van der Waals surface area contributed by atoms with E-state index in [0.717, 1.165) is 22.4 Å². The zero-order chi connectivity index (χ0) is 16.2. The lowest BCUT2D eigenvalue weighted by Gasteiger charge is -2.04. The van der Waals surface area contributed by atoms with Crippen LogP contribution in [-0.2, 0) is 0 Å². The molecule has 4 rings (SSSR count). The largest absolute Gasteiger partial charge is 0.252 e. The van der Waals surface area contributed by atoms with E-state index in [1.54, 1.807) is 6.20 Å². The Morgan fingerprint density at radius 3 is 1.92 bits per heavy atom. The van der Waals surface area contributed by atoms with Crippen LogP contribution in [0.1, 0.15) is 0 Å². The molecule has 0 N–H and O–H groups in total. The fourth-order valence-corrected chi connectivity index (χ4v) is 2.49. The Morgan fingerprint density at radius 1 is 0.542 bits per heavy atom. The van der Waals surface area contributed by atoms with Crippen molar-refractivity contribution >= 4 is 0 Å². The van der Waals surface area contributed by atoms with Crippen LogP contribution in [0.4, 0.5) is 0 Å². The van der Waals surface area contributed by atoms with E-state index in [1.165, 1.54) is 0 Å². The molecule has 0 aliphatic rings. The summed E-state index contributed by atoms with van der Waals surface area (Å²) in [6.45, 7) is 0. The monoisotopic (exact) mass is 310 g/mol. The van der Waals surface area contributed by atoms with Crippen LogP contribution in [0, 0.1) is 0 Å². The maximum Gasteiger partial charge on any atom is 0.200 e. The summed E-state index contributed by atoms with van der Waals surface area (Å²) in [5.41, 5.74) is 4.70. The molecule has 0 radical (unpaired) electrons. The van der Waals surface area contributed by atoms with Crippen molar-refractivity contribution in [1.82, 2.24) is 20.2 Å². The number of rotatable bonds is 3. The Balaban J connectivity index is 1.67. The van der Waals surface area contributed by atoms with Gasteiger partial charge in [-0.1, -0.05) is 66.7 Å². The van der Waals surface area contributed by atoms with Gasteiger partial charge >= 0.3 is 0 Å². The van der Waals surface area contributed by atoms with Crippen LogP contribution < -0.4 is 0 Å². The second kappa shape index (κ2) is 6.38. The molecule has 0 unspecified atom stereocenters. The molecule has 0 aliphatic heterocycles. The van der Waals surface area contributed by atoms with Crippen LogP contribution >= 0.6 is 0 Å². The van der Waals surface area contributed by atoms with Crippen LogP contribution in [0.15, 0.2) is 85.2 Å². The second-order valence-corrected chi connectivity index (χ2v) is 5.33.